The largest absolute Gasteiger partial charge is 0.417 e. The molecule has 3 nitrogen and oxygen atoms in total. The molecule has 2 rings (SSSR count). The molecule has 0 aliphatic heterocycles. The van der Waals surface area contributed by atoms with Gasteiger partial charge in [0.2, 0.25) is 0 Å². The standard InChI is InChI=1S/C12H9BrF3N3/c13-10-3-2-8(5-9(10)12(14,15)16)19-11-4-1-7(17)6-18-11/h1-6H,17H2,(H,18,19). The Labute approximate surface area is 115 Å². The molecule has 3 N–H and O–H groups in total. The van der Waals surface area contributed by atoms with Crippen molar-refractivity contribution in [1.29, 1.82) is 0 Å². The van der Waals surface area contributed by atoms with E-state index in [9.17, 15) is 13.2 Å². The maximum absolute atomic E-state index is 12.7. The average Bonchev–Trinajstić information content (AvgIpc) is 2.33. The normalized spacial score (nSPS) is 11.4. The molecule has 0 radical (unpaired) electrons. The topological polar surface area (TPSA) is 50.9 Å². The van der Waals surface area contributed by atoms with Crippen LogP contribution in [0.5, 0.6) is 0 Å². The van der Waals surface area contributed by atoms with E-state index in [1.54, 1.807) is 12.1 Å². The molecule has 0 spiro atoms. The number of pyridine rings is 1. The van der Waals surface area contributed by atoms with E-state index in [1.807, 2.05) is 0 Å². The quantitative estimate of drug-likeness (QED) is 0.867. The number of nitrogens with two attached hydrogens (primary N) is 1. The van der Waals surface area contributed by atoms with Crippen LogP contribution in [0.4, 0.5) is 30.4 Å². The molecule has 0 aliphatic rings. The van der Waals surface area contributed by atoms with Gasteiger partial charge in [-0.25, -0.2) is 4.98 Å². The minimum Gasteiger partial charge on any atom is -0.397 e. The number of benzene rings is 1. The number of halogens is 4. The molecule has 1 aromatic heterocycles. The summed E-state index contributed by atoms with van der Waals surface area (Å²) in [5.41, 5.74) is 5.52. The second-order valence-corrected chi connectivity index (χ2v) is 4.65. The van der Waals surface area contributed by atoms with Gasteiger partial charge in [0.05, 0.1) is 17.4 Å². The summed E-state index contributed by atoms with van der Waals surface area (Å²) in [6, 6.07) is 7.07. The Kier molecular flexibility index (Phi) is 3.66. The minimum absolute atomic E-state index is 0.00387. The van der Waals surface area contributed by atoms with E-state index >= 15 is 0 Å². The smallest absolute Gasteiger partial charge is 0.397 e. The van der Waals surface area contributed by atoms with Crippen LogP contribution in [-0.4, -0.2) is 4.98 Å². The number of hydrogen-bond donors (Lipinski definition) is 2. The third-order valence-electron chi connectivity index (χ3n) is 2.33. The van der Waals surface area contributed by atoms with E-state index in [0.29, 0.717) is 17.2 Å². The number of aromatic nitrogens is 1. The zero-order chi connectivity index (χ0) is 14.0. The summed E-state index contributed by atoms with van der Waals surface area (Å²) in [7, 11) is 0. The van der Waals surface area contributed by atoms with Gasteiger partial charge in [0, 0.05) is 10.2 Å². The van der Waals surface area contributed by atoms with E-state index in [0.717, 1.165) is 6.07 Å². The zero-order valence-corrected chi connectivity index (χ0v) is 11.1. The summed E-state index contributed by atoms with van der Waals surface area (Å²) < 4.78 is 38.2. The lowest BCUT2D eigenvalue weighted by atomic mass is 10.2. The molecule has 100 valence electrons. The number of anilines is 3. The second kappa shape index (κ2) is 5.08. The first kappa shape index (κ1) is 13.7. The lowest BCUT2D eigenvalue weighted by Crippen LogP contribution is -2.06. The Balaban J connectivity index is 2.29. The molecule has 0 saturated carbocycles. The van der Waals surface area contributed by atoms with Gasteiger partial charge in [-0.05, 0) is 30.3 Å². The summed E-state index contributed by atoms with van der Waals surface area (Å²) in [5, 5.41) is 2.78. The van der Waals surface area contributed by atoms with Crippen molar-refractivity contribution in [3.05, 3.63) is 46.6 Å². The van der Waals surface area contributed by atoms with Crippen molar-refractivity contribution in [3.8, 4) is 0 Å². The molecule has 0 atom stereocenters. The van der Waals surface area contributed by atoms with Crippen LogP contribution in [0.2, 0.25) is 0 Å². The molecule has 19 heavy (non-hydrogen) atoms. The van der Waals surface area contributed by atoms with E-state index in [-0.39, 0.29) is 4.47 Å². The fourth-order valence-electron chi connectivity index (χ4n) is 1.45. The zero-order valence-electron chi connectivity index (χ0n) is 9.50. The van der Waals surface area contributed by atoms with Crippen molar-refractivity contribution in [3.63, 3.8) is 0 Å². The Morgan fingerprint density at radius 2 is 1.89 bits per heavy atom. The van der Waals surface area contributed by atoms with Crippen LogP contribution >= 0.6 is 15.9 Å². The molecule has 0 amide bonds. The maximum Gasteiger partial charge on any atom is 0.417 e. The number of rotatable bonds is 2. The SMILES string of the molecule is Nc1ccc(Nc2ccc(Br)c(C(F)(F)F)c2)nc1. The molecule has 0 aliphatic carbocycles. The summed E-state index contributed by atoms with van der Waals surface area (Å²) in [4.78, 5) is 3.96. The van der Waals surface area contributed by atoms with Crippen molar-refractivity contribution in [2.75, 3.05) is 11.1 Å². The summed E-state index contributed by atoms with van der Waals surface area (Å²) >= 11 is 2.88. The van der Waals surface area contributed by atoms with Crippen LogP contribution in [0.3, 0.4) is 0 Å². The van der Waals surface area contributed by atoms with Gasteiger partial charge in [0.25, 0.3) is 0 Å². The lowest BCUT2D eigenvalue weighted by Gasteiger charge is -2.12. The molecule has 0 saturated heterocycles. The number of hydrogen-bond acceptors (Lipinski definition) is 3. The van der Waals surface area contributed by atoms with Crippen LogP contribution in [0, 0.1) is 0 Å². The highest BCUT2D eigenvalue weighted by Gasteiger charge is 2.33. The highest BCUT2D eigenvalue weighted by molar-refractivity contribution is 9.10. The Morgan fingerprint density at radius 3 is 2.47 bits per heavy atom. The second-order valence-electron chi connectivity index (χ2n) is 3.79. The van der Waals surface area contributed by atoms with Gasteiger partial charge in [-0.3, -0.25) is 0 Å². The van der Waals surface area contributed by atoms with Gasteiger partial charge in [0.15, 0.2) is 0 Å². The van der Waals surface area contributed by atoms with Crippen LogP contribution in [0.1, 0.15) is 5.56 Å². The van der Waals surface area contributed by atoms with Gasteiger partial charge in [-0.2, -0.15) is 13.2 Å². The monoisotopic (exact) mass is 331 g/mol. The fraction of sp³-hybridized carbons (Fsp3) is 0.0833. The Morgan fingerprint density at radius 1 is 1.16 bits per heavy atom. The predicted molar refractivity (Wildman–Crippen MR) is 71.1 cm³/mol. The van der Waals surface area contributed by atoms with Gasteiger partial charge < -0.3 is 11.1 Å². The molecular formula is C12H9BrF3N3. The van der Waals surface area contributed by atoms with Gasteiger partial charge in [0.1, 0.15) is 5.82 Å². The summed E-state index contributed by atoms with van der Waals surface area (Å²) in [6.07, 6.45) is -2.99. The highest BCUT2D eigenvalue weighted by atomic mass is 79.9. The predicted octanol–water partition coefficient (Wildman–Crippen LogP) is 4.19. The summed E-state index contributed by atoms with van der Waals surface area (Å²) in [6.45, 7) is 0. The van der Waals surface area contributed by atoms with Crippen LogP contribution in [0.15, 0.2) is 41.0 Å². The molecule has 0 fully saturated rings. The fourth-order valence-corrected chi connectivity index (χ4v) is 1.92. The number of nitrogens with one attached hydrogen (secondary N) is 1. The summed E-state index contributed by atoms with van der Waals surface area (Å²) in [5.74, 6) is 0.421. The van der Waals surface area contributed by atoms with Crippen molar-refractivity contribution >= 4 is 33.1 Å². The molecule has 0 bridgehead atoms. The Hall–Kier alpha value is -1.76. The van der Waals surface area contributed by atoms with E-state index < -0.39 is 11.7 Å². The van der Waals surface area contributed by atoms with Crippen LogP contribution in [-0.2, 0) is 6.18 Å². The molecule has 1 heterocycles. The highest BCUT2D eigenvalue weighted by Crippen LogP contribution is 2.36. The van der Waals surface area contributed by atoms with Gasteiger partial charge >= 0.3 is 6.18 Å². The van der Waals surface area contributed by atoms with Crippen LogP contribution < -0.4 is 11.1 Å². The molecule has 2 aromatic rings. The third-order valence-corrected chi connectivity index (χ3v) is 3.02. The maximum atomic E-state index is 12.7. The van der Waals surface area contributed by atoms with Crippen molar-refractivity contribution in [2.24, 2.45) is 0 Å². The number of nitrogens with zero attached hydrogens (tertiary/aromatic N) is 1. The van der Waals surface area contributed by atoms with Crippen molar-refractivity contribution < 1.29 is 13.2 Å². The van der Waals surface area contributed by atoms with Crippen LogP contribution in [0.25, 0.3) is 0 Å². The first-order valence-electron chi connectivity index (χ1n) is 5.21. The Bertz CT molecular complexity index is 582. The number of nitrogen functional groups attached to an aromatic ring is 1. The van der Waals surface area contributed by atoms with Gasteiger partial charge in [-0.15, -0.1) is 0 Å². The van der Waals surface area contributed by atoms with Crippen molar-refractivity contribution in [1.82, 2.24) is 4.98 Å². The third kappa shape index (κ3) is 3.37. The molecule has 1 aromatic carbocycles. The van der Waals surface area contributed by atoms with E-state index in [4.69, 9.17) is 5.73 Å². The molecule has 7 heteroatoms. The molecule has 0 unspecified atom stereocenters. The first-order chi connectivity index (χ1) is 8.86. The van der Waals surface area contributed by atoms with Gasteiger partial charge in [-0.1, -0.05) is 15.9 Å². The number of alkyl halides is 3. The minimum atomic E-state index is -4.41. The van der Waals surface area contributed by atoms with E-state index in [1.165, 1.54) is 18.3 Å². The lowest BCUT2D eigenvalue weighted by molar-refractivity contribution is -0.138. The first-order valence-corrected chi connectivity index (χ1v) is 6.01. The average molecular weight is 332 g/mol. The van der Waals surface area contributed by atoms with E-state index in [2.05, 4.69) is 26.2 Å². The molecular weight excluding hydrogens is 323 g/mol. The van der Waals surface area contributed by atoms with Crippen molar-refractivity contribution in [2.45, 2.75) is 6.18 Å².